The third-order valence-electron chi connectivity index (χ3n) is 2.49. The van der Waals surface area contributed by atoms with Crippen molar-refractivity contribution in [3.8, 4) is 0 Å². The molecule has 0 aromatic rings. The quantitative estimate of drug-likeness (QED) is 0.542. The van der Waals surface area contributed by atoms with Crippen molar-refractivity contribution in [1.29, 1.82) is 0 Å². The van der Waals surface area contributed by atoms with Gasteiger partial charge in [0.2, 0.25) is 0 Å². The third kappa shape index (κ3) is 2.95. The lowest BCUT2D eigenvalue weighted by molar-refractivity contribution is 0.0850. The van der Waals surface area contributed by atoms with Crippen LogP contribution in [0.25, 0.3) is 0 Å². The van der Waals surface area contributed by atoms with Gasteiger partial charge in [-0.25, -0.2) is 5.12 Å². The van der Waals surface area contributed by atoms with Gasteiger partial charge >= 0.3 is 0 Å². The van der Waals surface area contributed by atoms with E-state index >= 15 is 0 Å². The first-order valence-corrected chi connectivity index (χ1v) is 5.77. The highest BCUT2D eigenvalue weighted by atomic mass is 19.2. The summed E-state index contributed by atoms with van der Waals surface area (Å²) in [7, 11) is 0. The predicted molar refractivity (Wildman–Crippen MR) is 62.9 cm³/mol. The average molecular weight is 209 g/mol. The van der Waals surface area contributed by atoms with Crippen molar-refractivity contribution >= 4 is 0 Å². The molecule has 1 nitrogen and oxygen atoms in total. The molecule has 0 amide bonds. The van der Waals surface area contributed by atoms with Gasteiger partial charge in [-0.3, -0.25) is 0 Å². The number of halogens is 1. The highest BCUT2D eigenvalue weighted by molar-refractivity contribution is 5.38. The van der Waals surface area contributed by atoms with E-state index in [-0.39, 0.29) is 0 Å². The van der Waals surface area contributed by atoms with Gasteiger partial charge in [-0.1, -0.05) is 36.1 Å². The second kappa shape index (κ2) is 5.74. The standard InChI is InChI=1S/C11H14FN.C2H6/c1-9-7-10-5-3-2-4-6-11(10)13(12)8-9;1-2/h4,6-7H,2-3,5,8H2,1H3;1-2H3. The van der Waals surface area contributed by atoms with Crippen molar-refractivity contribution < 1.29 is 4.48 Å². The Morgan fingerprint density at radius 1 is 1.33 bits per heavy atom. The minimum atomic E-state index is 0.420. The maximum atomic E-state index is 13.4. The van der Waals surface area contributed by atoms with Crippen molar-refractivity contribution in [2.75, 3.05) is 6.54 Å². The van der Waals surface area contributed by atoms with Crippen LogP contribution in [0.15, 0.2) is 35.1 Å². The van der Waals surface area contributed by atoms with E-state index in [0.717, 1.165) is 41.2 Å². The Morgan fingerprint density at radius 3 is 2.80 bits per heavy atom. The van der Waals surface area contributed by atoms with Crippen LogP contribution in [0.2, 0.25) is 0 Å². The Labute approximate surface area is 91.9 Å². The molecule has 0 bridgehead atoms. The number of hydrogen-bond acceptors (Lipinski definition) is 1. The zero-order chi connectivity index (χ0) is 11.3. The maximum absolute atomic E-state index is 13.4. The fourth-order valence-corrected chi connectivity index (χ4v) is 1.87. The van der Waals surface area contributed by atoms with Crippen LogP contribution in [0.1, 0.15) is 40.0 Å². The van der Waals surface area contributed by atoms with E-state index in [9.17, 15) is 4.48 Å². The first-order chi connectivity index (χ1) is 7.27. The molecule has 0 atom stereocenters. The minimum absolute atomic E-state index is 0.420. The number of nitrogens with zero attached hydrogens (tertiary/aromatic N) is 1. The topological polar surface area (TPSA) is 3.24 Å². The van der Waals surface area contributed by atoms with Gasteiger partial charge in [0.1, 0.15) is 0 Å². The van der Waals surface area contributed by atoms with Crippen LogP contribution < -0.4 is 0 Å². The molecule has 0 aromatic carbocycles. The van der Waals surface area contributed by atoms with E-state index in [4.69, 9.17) is 0 Å². The van der Waals surface area contributed by atoms with E-state index in [1.54, 1.807) is 0 Å². The van der Waals surface area contributed by atoms with Gasteiger partial charge in [-0.05, 0) is 37.8 Å². The fraction of sp³-hybridized carbons (Fsp3) is 0.538. The lowest BCUT2D eigenvalue weighted by Gasteiger charge is -2.22. The molecule has 0 N–H and O–H groups in total. The van der Waals surface area contributed by atoms with Crippen molar-refractivity contribution in [2.45, 2.75) is 40.0 Å². The van der Waals surface area contributed by atoms with Crippen LogP contribution in [-0.4, -0.2) is 11.7 Å². The molecule has 1 heterocycles. The maximum Gasteiger partial charge on any atom is 0.0720 e. The van der Waals surface area contributed by atoms with E-state index < -0.39 is 0 Å². The summed E-state index contributed by atoms with van der Waals surface area (Å²) in [5, 5.41) is 0.854. The van der Waals surface area contributed by atoms with Gasteiger partial charge in [0, 0.05) is 0 Å². The molecule has 0 fully saturated rings. The molecule has 84 valence electrons. The van der Waals surface area contributed by atoms with E-state index in [2.05, 4.69) is 12.2 Å². The number of rotatable bonds is 0. The van der Waals surface area contributed by atoms with Crippen LogP contribution in [-0.2, 0) is 0 Å². The normalized spacial score (nSPS) is 20.0. The number of hydrogen-bond donors (Lipinski definition) is 0. The Morgan fingerprint density at radius 2 is 2.07 bits per heavy atom. The predicted octanol–water partition coefficient (Wildman–Crippen LogP) is 4.15. The van der Waals surface area contributed by atoms with Gasteiger partial charge in [0.25, 0.3) is 0 Å². The molecule has 15 heavy (non-hydrogen) atoms. The molecule has 2 heteroatoms. The zero-order valence-corrected chi connectivity index (χ0v) is 9.89. The minimum Gasteiger partial charge on any atom is -0.207 e. The van der Waals surface area contributed by atoms with Gasteiger partial charge in [0.15, 0.2) is 0 Å². The SMILES string of the molecule is CC.CC1=CC2=C(C=CCCC2)N(F)C1. The summed E-state index contributed by atoms with van der Waals surface area (Å²) >= 11 is 0. The Hall–Kier alpha value is -1.05. The molecule has 0 unspecified atom stereocenters. The summed E-state index contributed by atoms with van der Waals surface area (Å²) in [6.07, 6.45) is 9.29. The summed E-state index contributed by atoms with van der Waals surface area (Å²) in [5.41, 5.74) is 3.03. The lowest BCUT2D eigenvalue weighted by Crippen LogP contribution is -2.19. The van der Waals surface area contributed by atoms with Crippen LogP contribution in [0, 0.1) is 0 Å². The highest BCUT2D eigenvalue weighted by Crippen LogP contribution is 2.28. The molecular formula is C13H20FN. The summed E-state index contributed by atoms with van der Waals surface area (Å²) in [6.45, 7) is 6.40. The average Bonchev–Trinajstić information content (AvgIpc) is 2.46. The molecule has 0 saturated carbocycles. The van der Waals surface area contributed by atoms with Crippen LogP contribution in [0.4, 0.5) is 4.48 Å². The second-order valence-electron chi connectivity index (χ2n) is 3.72. The summed E-state index contributed by atoms with van der Waals surface area (Å²) in [5.74, 6) is 0. The van der Waals surface area contributed by atoms with Crippen LogP contribution in [0.5, 0.6) is 0 Å². The van der Waals surface area contributed by atoms with Crippen molar-refractivity contribution in [3.05, 3.63) is 35.1 Å². The first-order valence-electron chi connectivity index (χ1n) is 5.77. The van der Waals surface area contributed by atoms with E-state index in [0.29, 0.717) is 6.54 Å². The highest BCUT2D eigenvalue weighted by Gasteiger charge is 2.17. The zero-order valence-electron chi connectivity index (χ0n) is 9.89. The second-order valence-corrected chi connectivity index (χ2v) is 3.72. The van der Waals surface area contributed by atoms with Crippen molar-refractivity contribution in [3.63, 3.8) is 0 Å². The van der Waals surface area contributed by atoms with E-state index in [1.807, 2.05) is 26.8 Å². The summed E-state index contributed by atoms with van der Waals surface area (Å²) in [4.78, 5) is 0. The smallest absolute Gasteiger partial charge is 0.0720 e. The molecule has 2 rings (SSSR count). The fourth-order valence-electron chi connectivity index (χ4n) is 1.87. The van der Waals surface area contributed by atoms with Crippen LogP contribution in [0.3, 0.4) is 0 Å². The molecule has 2 aliphatic rings. The Kier molecular flexibility index (Phi) is 4.60. The summed E-state index contributed by atoms with van der Waals surface area (Å²) in [6, 6.07) is 0. The van der Waals surface area contributed by atoms with Gasteiger partial charge in [-0.15, -0.1) is 0 Å². The molecule has 0 aromatic heterocycles. The Balaban J connectivity index is 0.000000531. The molecular weight excluding hydrogens is 189 g/mol. The molecule has 1 aliphatic carbocycles. The number of allylic oxidation sites excluding steroid dienone is 4. The van der Waals surface area contributed by atoms with E-state index in [1.165, 1.54) is 0 Å². The lowest BCUT2D eigenvalue weighted by atomic mass is 10.0. The molecule has 0 radical (unpaired) electrons. The first kappa shape index (κ1) is 12.0. The summed E-state index contributed by atoms with van der Waals surface area (Å²) < 4.78 is 13.4. The largest absolute Gasteiger partial charge is 0.207 e. The Bertz CT molecular complexity index is 300. The monoisotopic (exact) mass is 209 g/mol. The third-order valence-corrected chi connectivity index (χ3v) is 2.49. The molecule has 1 aliphatic heterocycles. The van der Waals surface area contributed by atoms with Crippen LogP contribution >= 0.6 is 0 Å². The molecule has 0 spiro atoms. The molecule has 0 saturated heterocycles. The van der Waals surface area contributed by atoms with Gasteiger partial charge < -0.3 is 0 Å². The van der Waals surface area contributed by atoms with Crippen molar-refractivity contribution in [1.82, 2.24) is 5.12 Å². The van der Waals surface area contributed by atoms with Crippen molar-refractivity contribution in [2.24, 2.45) is 0 Å². The van der Waals surface area contributed by atoms with Gasteiger partial charge in [-0.2, -0.15) is 0 Å². The van der Waals surface area contributed by atoms with Gasteiger partial charge in [0.05, 0.1) is 12.2 Å².